The summed E-state index contributed by atoms with van der Waals surface area (Å²) >= 11 is 0. The van der Waals surface area contributed by atoms with Crippen molar-refractivity contribution in [2.24, 2.45) is 0 Å². The first kappa shape index (κ1) is 15.0. The minimum atomic E-state index is -0.323. The number of nitrogens with zero attached hydrogens (tertiary/aromatic N) is 1. The predicted molar refractivity (Wildman–Crippen MR) is 82.6 cm³/mol. The van der Waals surface area contributed by atoms with E-state index < -0.39 is 0 Å². The van der Waals surface area contributed by atoms with E-state index in [0.29, 0.717) is 11.4 Å². The fourth-order valence-electron chi connectivity index (χ4n) is 2.42. The van der Waals surface area contributed by atoms with Gasteiger partial charge in [-0.25, -0.2) is 0 Å². The molecule has 118 valence electrons. The van der Waals surface area contributed by atoms with E-state index in [-0.39, 0.29) is 42.9 Å². The summed E-state index contributed by atoms with van der Waals surface area (Å²) in [4.78, 5) is 36.4. The Morgan fingerprint density at radius 2 is 1.74 bits per heavy atom. The fraction of sp³-hybridized carbons (Fsp3) is 0.235. The number of hydrogen-bond donors (Lipinski definition) is 1. The first-order valence-corrected chi connectivity index (χ1v) is 7.33. The maximum atomic E-state index is 12.0. The van der Waals surface area contributed by atoms with Crippen LogP contribution in [0.5, 0.6) is 0 Å². The van der Waals surface area contributed by atoms with E-state index in [1.807, 2.05) is 0 Å². The molecule has 0 spiro atoms. The Bertz CT molecular complexity index is 745. The molecule has 1 N–H and O–H groups in total. The third-order valence-corrected chi connectivity index (χ3v) is 3.67. The Morgan fingerprint density at radius 3 is 2.30 bits per heavy atom. The second kappa shape index (κ2) is 6.08. The van der Waals surface area contributed by atoms with Gasteiger partial charge >= 0.3 is 0 Å². The summed E-state index contributed by atoms with van der Waals surface area (Å²) in [5.74, 6) is 0.321. The first-order valence-electron chi connectivity index (χ1n) is 7.33. The van der Waals surface area contributed by atoms with E-state index in [4.69, 9.17) is 4.42 Å². The van der Waals surface area contributed by atoms with Crippen LogP contribution in [0.3, 0.4) is 0 Å². The molecule has 1 fully saturated rings. The van der Waals surface area contributed by atoms with Gasteiger partial charge in [0, 0.05) is 18.5 Å². The van der Waals surface area contributed by atoms with E-state index in [0.717, 1.165) is 5.56 Å². The summed E-state index contributed by atoms with van der Waals surface area (Å²) in [6.45, 7) is 2.04. The number of amides is 3. The number of hydrogen-bond acceptors (Lipinski definition) is 4. The highest BCUT2D eigenvalue weighted by Gasteiger charge is 2.28. The number of imide groups is 1. The van der Waals surface area contributed by atoms with Gasteiger partial charge in [-0.15, -0.1) is 0 Å². The number of aryl methyl sites for hydroxylation is 1. The lowest BCUT2D eigenvalue weighted by Crippen LogP contribution is -2.28. The zero-order valence-electron chi connectivity index (χ0n) is 12.7. The zero-order valence-corrected chi connectivity index (χ0v) is 12.7. The van der Waals surface area contributed by atoms with E-state index in [1.54, 1.807) is 43.3 Å². The maximum Gasteiger partial charge on any atom is 0.291 e. The molecule has 1 saturated heterocycles. The number of rotatable bonds is 4. The summed E-state index contributed by atoms with van der Waals surface area (Å²) < 4.78 is 5.26. The Kier molecular flexibility index (Phi) is 3.97. The van der Waals surface area contributed by atoms with Gasteiger partial charge in [0.1, 0.15) is 5.76 Å². The minimum absolute atomic E-state index is 0.138. The molecular formula is C17H16N2O4. The molecular weight excluding hydrogens is 296 g/mol. The highest BCUT2D eigenvalue weighted by molar-refractivity contribution is 6.02. The molecule has 0 bridgehead atoms. The molecule has 0 radical (unpaired) electrons. The Labute approximate surface area is 133 Å². The van der Waals surface area contributed by atoms with Crippen molar-refractivity contribution in [1.29, 1.82) is 0 Å². The summed E-state index contributed by atoms with van der Waals surface area (Å²) in [6.07, 6.45) is 0.574. The Morgan fingerprint density at radius 1 is 1.09 bits per heavy atom. The Hall–Kier alpha value is -2.89. The van der Waals surface area contributed by atoms with Crippen LogP contribution < -0.4 is 5.32 Å². The molecule has 1 aromatic heterocycles. The number of carbonyl (C=O) groups is 3. The summed E-state index contributed by atoms with van der Waals surface area (Å²) in [6, 6.07) is 10.4. The summed E-state index contributed by atoms with van der Waals surface area (Å²) in [7, 11) is 0. The van der Waals surface area contributed by atoms with Gasteiger partial charge in [0.15, 0.2) is 5.76 Å². The predicted octanol–water partition coefficient (Wildman–Crippen LogP) is 2.49. The molecule has 1 aliphatic rings. The molecule has 0 unspecified atom stereocenters. The number of carbonyl (C=O) groups excluding carboxylic acids is 3. The monoisotopic (exact) mass is 312 g/mol. The number of furan rings is 1. The van der Waals surface area contributed by atoms with Crippen molar-refractivity contribution >= 4 is 23.4 Å². The van der Waals surface area contributed by atoms with Gasteiger partial charge in [0.05, 0.1) is 6.54 Å². The van der Waals surface area contributed by atoms with Gasteiger partial charge in [-0.05, 0) is 36.8 Å². The van der Waals surface area contributed by atoms with Crippen molar-refractivity contribution in [2.45, 2.75) is 26.3 Å². The Balaban J connectivity index is 1.64. The molecule has 23 heavy (non-hydrogen) atoms. The van der Waals surface area contributed by atoms with E-state index in [9.17, 15) is 14.4 Å². The van der Waals surface area contributed by atoms with Crippen LogP contribution in [0.15, 0.2) is 40.8 Å². The van der Waals surface area contributed by atoms with Crippen molar-refractivity contribution < 1.29 is 18.8 Å². The van der Waals surface area contributed by atoms with Crippen LogP contribution in [0.25, 0.3) is 0 Å². The molecule has 6 nitrogen and oxygen atoms in total. The van der Waals surface area contributed by atoms with Crippen LogP contribution in [0.2, 0.25) is 0 Å². The largest absolute Gasteiger partial charge is 0.456 e. The van der Waals surface area contributed by atoms with E-state index >= 15 is 0 Å². The van der Waals surface area contributed by atoms with Gasteiger partial charge in [0.2, 0.25) is 11.8 Å². The van der Waals surface area contributed by atoms with Gasteiger partial charge in [-0.1, -0.05) is 12.1 Å². The van der Waals surface area contributed by atoms with Crippen molar-refractivity contribution in [3.8, 4) is 0 Å². The second-order valence-electron chi connectivity index (χ2n) is 5.43. The SMILES string of the molecule is Cc1ccc(C(=O)Nc2ccc(CN3C(=O)CCC3=O)cc2)o1. The van der Waals surface area contributed by atoms with Crippen LogP contribution in [0, 0.1) is 6.92 Å². The molecule has 1 aromatic carbocycles. The summed E-state index contributed by atoms with van der Waals surface area (Å²) in [5.41, 5.74) is 1.45. The van der Waals surface area contributed by atoms with Crippen LogP contribution in [0.1, 0.15) is 34.7 Å². The van der Waals surface area contributed by atoms with Crippen LogP contribution in [0.4, 0.5) is 5.69 Å². The van der Waals surface area contributed by atoms with Crippen LogP contribution in [-0.2, 0) is 16.1 Å². The topological polar surface area (TPSA) is 79.6 Å². The molecule has 1 aliphatic heterocycles. The number of anilines is 1. The van der Waals surface area contributed by atoms with E-state index in [1.165, 1.54) is 4.90 Å². The molecule has 0 atom stereocenters. The lowest BCUT2D eigenvalue weighted by atomic mass is 10.2. The maximum absolute atomic E-state index is 12.0. The van der Waals surface area contributed by atoms with Crippen LogP contribution in [-0.4, -0.2) is 22.6 Å². The normalized spacial score (nSPS) is 14.4. The van der Waals surface area contributed by atoms with E-state index in [2.05, 4.69) is 5.32 Å². The van der Waals surface area contributed by atoms with Gasteiger partial charge in [-0.2, -0.15) is 0 Å². The van der Waals surface area contributed by atoms with Gasteiger partial charge in [-0.3, -0.25) is 19.3 Å². The fourth-order valence-corrected chi connectivity index (χ4v) is 2.42. The minimum Gasteiger partial charge on any atom is -0.456 e. The lowest BCUT2D eigenvalue weighted by Gasteiger charge is -2.14. The molecule has 0 saturated carbocycles. The average Bonchev–Trinajstić information content (AvgIpc) is 3.10. The number of benzene rings is 1. The smallest absolute Gasteiger partial charge is 0.291 e. The average molecular weight is 312 g/mol. The second-order valence-corrected chi connectivity index (χ2v) is 5.43. The number of likely N-dealkylation sites (tertiary alicyclic amines) is 1. The van der Waals surface area contributed by atoms with Gasteiger partial charge in [0.25, 0.3) is 5.91 Å². The van der Waals surface area contributed by atoms with Crippen molar-refractivity contribution in [1.82, 2.24) is 4.90 Å². The lowest BCUT2D eigenvalue weighted by molar-refractivity contribution is -0.139. The summed E-state index contributed by atoms with van der Waals surface area (Å²) in [5, 5.41) is 2.73. The molecule has 6 heteroatoms. The van der Waals surface area contributed by atoms with Crippen molar-refractivity contribution in [3.63, 3.8) is 0 Å². The zero-order chi connectivity index (χ0) is 16.4. The highest BCUT2D eigenvalue weighted by Crippen LogP contribution is 2.18. The third-order valence-electron chi connectivity index (χ3n) is 3.67. The quantitative estimate of drug-likeness (QED) is 0.880. The standard InChI is InChI=1S/C17H16N2O4/c1-11-2-7-14(23-11)17(22)18-13-5-3-12(4-6-13)10-19-15(20)8-9-16(19)21/h2-7H,8-10H2,1H3,(H,18,22). The number of nitrogens with one attached hydrogen (secondary N) is 1. The van der Waals surface area contributed by atoms with Gasteiger partial charge < -0.3 is 9.73 Å². The molecule has 2 heterocycles. The van der Waals surface area contributed by atoms with Crippen molar-refractivity contribution in [2.75, 3.05) is 5.32 Å². The van der Waals surface area contributed by atoms with Crippen molar-refractivity contribution in [3.05, 3.63) is 53.5 Å². The highest BCUT2D eigenvalue weighted by atomic mass is 16.3. The first-order chi connectivity index (χ1) is 11.0. The molecule has 0 aliphatic carbocycles. The molecule has 3 rings (SSSR count). The van der Waals surface area contributed by atoms with Crippen LogP contribution >= 0.6 is 0 Å². The third kappa shape index (κ3) is 3.31. The molecule has 2 aromatic rings. The molecule has 3 amide bonds.